The van der Waals surface area contributed by atoms with Crippen molar-refractivity contribution in [1.29, 1.82) is 0 Å². The van der Waals surface area contributed by atoms with Gasteiger partial charge in [0.2, 0.25) is 5.91 Å². The number of hydrogen-bond donors (Lipinski definition) is 2. The maximum Gasteiger partial charge on any atom is 0.262 e. The minimum atomic E-state index is -0.510. The van der Waals surface area contributed by atoms with Gasteiger partial charge in [-0.3, -0.25) is 14.7 Å². The molecule has 6 nitrogen and oxygen atoms in total. The van der Waals surface area contributed by atoms with Gasteiger partial charge in [0.1, 0.15) is 6.04 Å². The Morgan fingerprint density at radius 1 is 1.42 bits per heavy atom. The fourth-order valence-corrected chi connectivity index (χ4v) is 4.02. The number of aryl methyl sites for hydroxylation is 1. The van der Waals surface area contributed by atoms with Crippen LogP contribution in [0.5, 0.6) is 0 Å². The summed E-state index contributed by atoms with van der Waals surface area (Å²) in [6.45, 7) is 7.31. The third-order valence-corrected chi connectivity index (χ3v) is 5.71. The van der Waals surface area contributed by atoms with E-state index in [1.165, 1.54) is 11.3 Å². The van der Waals surface area contributed by atoms with E-state index in [2.05, 4.69) is 21.6 Å². The maximum absolute atomic E-state index is 13.1. The predicted molar refractivity (Wildman–Crippen MR) is 102 cm³/mol. The largest absolute Gasteiger partial charge is 0.340 e. The molecule has 0 bridgehead atoms. The van der Waals surface area contributed by atoms with Crippen LogP contribution in [0.2, 0.25) is 0 Å². The number of piperidine rings is 1. The smallest absolute Gasteiger partial charge is 0.262 e. The first-order chi connectivity index (χ1) is 12.5. The number of carbonyl (C=O) groups excluding carboxylic acids is 2. The van der Waals surface area contributed by atoms with Crippen molar-refractivity contribution in [1.82, 2.24) is 20.4 Å². The highest BCUT2D eigenvalue weighted by Crippen LogP contribution is 2.27. The highest BCUT2D eigenvalue weighted by atomic mass is 32.1. The number of aromatic nitrogens is 2. The monoisotopic (exact) mass is 374 g/mol. The first-order valence-corrected chi connectivity index (χ1v) is 9.98. The molecule has 2 aromatic rings. The zero-order valence-electron chi connectivity index (χ0n) is 15.5. The molecule has 140 valence electrons. The molecule has 1 fully saturated rings. The number of likely N-dealkylation sites (tertiary alicyclic amines) is 1. The predicted octanol–water partition coefficient (Wildman–Crippen LogP) is 2.94. The number of aromatic amines is 1. The minimum absolute atomic E-state index is 0.00173. The average Bonchev–Trinajstić information content (AvgIpc) is 3.30. The molecule has 1 saturated heterocycles. The quantitative estimate of drug-likeness (QED) is 0.845. The lowest BCUT2D eigenvalue weighted by atomic mass is 9.93. The summed E-state index contributed by atoms with van der Waals surface area (Å²) in [4.78, 5) is 28.0. The van der Waals surface area contributed by atoms with E-state index < -0.39 is 6.04 Å². The second-order valence-electron chi connectivity index (χ2n) is 7.27. The lowest BCUT2D eigenvalue weighted by Crippen LogP contribution is -2.53. The molecule has 2 unspecified atom stereocenters. The molecule has 0 radical (unpaired) electrons. The topological polar surface area (TPSA) is 78.1 Å². The molecule has 1 aliphatic rings. The Bertz CT molecular complexity index is 753. The van der Waals surface area contributed by atoms with Crippen LogP contribution in [0.1, 0.15) is 53.7 Å². The molecule has 2 atom stereocenters. The maximum atomic E-state index is 13.1. The molecule has 3 heterocycles. The molecule has 0 saturated carbocycles. The standard InChI is InChI=1S/C19H26N4O2S/c1-12(2)17(20-18(24)16-7-5-9-26-16)19(25)23-8-4-6-14(11-23)15-10-13(3)21-22-15/h5,7,9-10,12,14,17H,4,6,8,11H2,1-3H3,(H,20,24)(H,21,22). The van der Waals surface area contributed by atoms with E-state index in [4.69, 9.17) is 0 Å². The molecule has 7 heteroatoms. The molecule has 3 rings (SSSR count). The summed E-state index contributed by atoms with van der Waals surface area (Å²) in [6, 6.07) is 5.16. The van der Waals surface area contributed by atoms with Crippen LogP contribution in [0.15, 0.2) is 23.6 Å². The van der Waals surface area contributed by atoms with E-state index in [1.54, 1.807) is 6.07 Å². The van der Waals surface area contributed by atoms with Crippen LogP contribution in [0, 0.1) is 12.8 Å². The summed E-state index contributed by atoms with van der Waals surface area (Å²) in [7, 11) is 0. The van der Waals surface area contributed by atoms with Crippen LogP contribution in [-0.2, 0) is 4.79 Å². The van der Waals surface area contributed by atoms with E-state index in [0.717, 1.165) is 30.8 Å². The van der Waals surface area contributed by atoms with Crippen molar-refractivity contribution in [3.8, 4) is 0 Å². The molecule has 0 spiro atoms. The molecular weight excluding hydrogens is 348 g/mol. The molecule has 2 N–H and O–H groups in total. The fraction of sp³-hybridized carbons (Fsp3) is 0.526. The van der Waals surface area contributed by atoms with Gasteiger partial charge in [-0.2, -0.15) is 5.10 Å². The van der Waals surface area contributed by atoms with Crippen LogP contribution in [0.25, 0.3) is 0 Å². The van der Waals surface area contributed by atoms with Crippen molar-refractivity contribution in [3.05, 3.63) is 39.8 Å². The number of amides is 2. The Kier molecular flexibility index (Phi) is 5.76. The van der Waals surface area contributed by atoms with E-state index >= 15 is 0 Å². The van der Waals surface area contributed by atoms with Gasteiger partial charge in [0.05, 0.1) is 10.6 Å². The van der Waals surface area contributed by atoms with Gasteiger partial charge < -0.3 is 10.2 Å². The van der Waals surface area contributed by atoms with Crippen molar-refractivity contribution in [2.24, 2.45) is 5.92 Å². The molecule has 2 aromatic heterocycles. The molecular formula is C19H26N4O2S. The van der Waals surface area contributed by atoms with Crippen LogP contribution >= 0.6 is 11.3 Å². The number of hydrogen-bond acceptors (Lipinski definition) is 4. The zero-order chi connectivity index (χ0) is 18.7. The van der Waals surface area contributed by atoms with Crippen molar-refractivity contribution < 1.29 is 9.59 Å². The van der Waals surface area contributed by atoms with Crippen molar-refractivity contribution in [2.45, 2.75) is 45.6 Å². The van der Waals surface area contributed by atoms with Crippen LogP contribution in [-0.4, -0.2) is 46.0 Å². The summed E-state index contributed by atoms with van der Waals surface area (Å²) >= 11 is 1.38. The van der Waals surface area contributed by atoms with E-state index in [1.807, 2.05) is 37.1 Å². The number of nitrogens with zero attached hydrogens (tertiary/aromatic N) is 2. The zero-order valence-corrected chi connectivity index (χ0v) is 16.3. The minimum Gasteiger partial charge on any atom is -0.340 e. The Labute approximate surface area is 158 Å². The Balaban J connectivity index is 1.69. The average molecular weight is 375 g/mol. The normalized spacial score (nSPS) is 18.8. The Morgan fingerprint density at radius 2 is 2.23 bits per heavy atom. The van der Waals surface area contributed by atoms with E-state index in [9.17, 15) is 9.59 Å². The third kappa shape index (κ3) is 4.15. The molecule has 2 amide bonds. The van der Waals surface area contributed by atoms with E-state index in [-0.39, 0.29) is 23.7 Å². The van der Waals surface area contributed by atoms with Crippen LogP contribution in [0.3, 0.4) is 0 Å². The number of carbonyl (C=O) groups is 2. The van der Waals surface area contributed by atoms with Gasteiger partial charge in [-0.05, 0) is 43.2 Å². The van der Waals surface area contributed by atoms with Gasteiger partial charge >= 0.3 is 0 Å². The number of nitrogens with one attached hydrogen (secondary N) is 2. The Morgan fingerprint density at radius 3 is 2.85 bits per heavy atom. The van der Waals surface area contributed by atoms with Gasteiger partial charge in [-0.1, -0.05) is 19.9 Å². The van der Waals surface area contributed by atoms with Crippen LogP contribution in [0.4, 0.5) is 0 Å². The summed E-state index contributed by atoms with van der Waals surface area (Å²) in [5.74, 6) is 0.100. The van der Waals surface area contributed by atoms with Gasteiger partial charge in [-0.25, -0.2) is 0 Å². The lowest BCUT2D eigenvalue weighted by molar-refractivity contribution is -0.135. The number of H-pyrrole nitrogens is 1. The first-order valence-electron chi connectivity index (χ1n) is 9.10. The number of rotatable bonds is 5. The highest BCUT2D eigenvalue weighted by molar-refractivity contribution is 7.12. The second-order valence-corrected chi connectivity index (χ2v) is 8.22. The van der Waals surface area contributed by atoms with Gasteiger partial charge in [0.25, 0.3) is 5.91 Å². The summed E-state index contributed by atoms with van der Waals surface area (Å²) in [5, 5.41) is 12.1. The van der Waals surface area contributed by atoms with E-state index in [0.29, 0.717) is 11.4 Å². The third-order valence-electron chi connectivity index (χ3n) is 4.84. The van der Waals surface area contributed by atoms with Crippen molar-refractivity contribution >= 4 is 23.2 Å². The van der Waals surface area contributed by atoms with Crippen LogP contribution < -0.4 is 5.32 Å². The molecule has 26 heavy (non-hydrogen) atoms. The molecule has 1 aliphatic heterocycles. The molecule has 0 aromatic carbocycles. The van der Waals surface area contributed by atoms with Gasteiger partial charge in [0, 0.05) is 24.7 Å². The fourth-order valence-electron chi connectivity index (χ4n) is 3.40. The summed E-state index contributed by atoms with van der Waals surface area (Å²) in [5.41, 5.74) is 2.05. The SMILES string of the molecule is Cc1cc(C2CCCN(C(=O)C(NC(=O)c3cccs3)C(C)C)C2)n[nH]1. The summed E-state index contributed by atoms with van der Waals surface area (Å²) < 4.78 is 0. The van der Waals surface area contributed by atoms with Crippen molar-refractivity contribution in [3.63, 3.8) is 0 Å². The van der Waals surface area contributed by atoms with Crippen molar-refractivity contribution in [2.75, 3.05) is 13.1 Å². The van der Waals surface area contributed by atoms with Gasteiger partial charge in [0.15, 0.2) is 0 Å². The summed E-state index contributed by atoms with van der Waals surface area (Å²) in [6.07, 6.45) is 1.98. The first kappa shape index (κ1) is 18.6. The highest BCUT2D eigenvalue weighted by Gasteiger charge is 2.33. The molecule has 0 aliphatic carbocycles. The Hall–Kier alpha value is -2.15. The lowest BCUT2D eigenvalue weighted by Gasteiger charge is -2.35. The van der Waals surface area contributed by atoms with Gasteiger partial charge in [-0.15, -0.1) is 11.3 Å². The second kappa shape index (κ2) is 8.03. The number of thiophene rings is 1.